The van der Waals surface area contributed by atoms with Gasteiger partial charge in [-0.05, 0) is 49.2 Å². The highest BCUT2D eigenvalue weighted by molar-refractivity contribution is 7.07. The minimum atomic E-state index is -0.0956. The van der Waals surface area contributed by atoms with Crippen molar-refractivity contribution in [2.45, 2.75) is 26.5 Å². The number of rotatable bonds is 6. The van der Waals surface area contributed by atoms with Crippen molar-refractivity contribution >= 4 is 17.2 Å². The molecule has 3 rings (SSSR count). The molecule has 0 bridgehead atoms. The fourth-order valence-corrected chi connectivity index (χ4v) is 3.14. The van der Waals surface area contributed by atoms with Crippen molar-refractivity contribution in [3.63, 3.8) is 0 Å². The van der Waals surface area contributed by atoms with Gasteiger partial charge in [-0.2, -0.15) is 0 Å². The zero-order valence-electron chi connectivity index (χ0n) is 14.2. The molecule has 25 heavy (non-hydrogen) atoms. The highest BCUT2D eigenvalue weighted by Crippen LogP contribution is 2.18. The standard InChI is InChI=1S/C20H20N2O2S/c1-14-5-3-4-6-19(14)15(2)22-20(23)16-7-9-18(10-8-16)24-11-17-12-25-13-21-17/h3-10,12-13,15H,11H2,1-2H3,(H,22,23)/t15-/m0/s1. The van der Waals surface area contributed by atoms with Gasteiger partial charge < -0.3 is 10.1 Å². The van der Waals surface area contributed by atoms with E-state index in [0.717, 1.165) is 17.0 Å². The fourth-order valence-electron chi connectivity index (χ4n) is 2.60. The molecule has 2 aromatic carbocycles. The van der Waals surface area contributed by atoms with E-state index < -0.39 is 0 Å². The van der Waals surface area contributed by atoms with Crippen molar-refractivity contribution in [1.82, 2.24) is 10.3 Å². The lowest BCUT2D eigenvalue weighted by Crippen LogP contribution is -2.27. The normalized spacial score (nSPS) is 11.8. The predicted molar refractivity (Wildman–Crippen MR) is 99.9 cm³/mol. The number of carbonyl (C=O) groups excluding carboxylic acids is 1. The van der Waals surface area contributed by atoms with Gasteiger partial charge in [0.15, 0.2) is 0 Å². The zero-order valence-corrected chi connectivity index (χ0v) is 15.0. The summed E-state index contributed by atoms with van der Waals surface area (Å²) in [6.45, 7) is 4.47. The number of benzene rings is 2. The molecule has 4 nitrogen and oxygen atoms in total. The Labute approximate surface area is 151 Å². The first-order valence-electron chi connectivity index (χ1n) is 8.10. The lowest BCUT2D eigenvalue weighted by atomic mass is 10.0. The van der Waals surface area contributed by atoms with Crippen LogP contribution >= 0.6 is 11.3 Å². The van der Waals surface area contributed by atoms with Gasteiger partial charge in [0, 0.05) is 10.9 Å². The summed E-state index contributed by atoms with van der Waals surface area (Å²) in [6, 6.07) is 15.2. The van der Waals surface area contributed by atoms with Crippen molar-refractivity contribution < 1.29 is 9.53 Å². The minimum absolute atomic E-state index is 0.0470. The summed E-state index contributed by atoms with van der Waals surface area (Å²) in [5.74, 6) is 0.623. The molecule has 0 aliphatic rings. The molecule has 5 heteroatoms. The molecule has 0 unspecified atom stereocenters. The van der Waals surface area contributed by atoms with Crippen molar-refractivity contribution in [2.24, 2.45) is 0 Å². The Morgan fingerprint density at radius 2 is 1.96 bits per heavy atom. The number of aromatic nitrogens is 1. The van der Waals surface area contributed by atoms with E-state index in [-0.39, 0.29) is 11.9 Å². The highest BCUT2D eigenvalue weighted by atomic mass is 32.1. The van der Waals surface area contributed by atoms with E-state index in [1.807, 2.05) is 43.5 Å². The molecule has 0 radical (unpaired) electrons. The average molecular weight is 352 g/mol. The van der Waals surface area contributed by atoms with Crippen molar-refractivity contribution in [2.75, 3.05) is 0 Å². The molecular weight excluding hydrogens is 332 g/mol. The van der Waals surface area contributed by atoms with Crippen molar-refractivity contribution in [3.05, 3.63) is 81.8 Å². The third-order valence-electron chi connectivity index (χ3n) is 3.99. The second-order valence-corrected chi connectivity index (χ2v) is 6.56. The maximum atomic E-state index is 12.4. The summed E-state index contributed by atoms with van der Waals surface area (Å²) in [4.78, 5) is 16.6. The number of carbonyl (C=O) groups is 1. The summed E-state index contributed by atoms with van der Waals surface area (Å²) >= 11 is 1.54. The van der Waals surface area contributed by atoms with Crippen LogP contribution in [0.4, 0.5) is 0 Å². The predicted octanol–water partition coefficient (Wildman–Crippen LogP) is 4.52. The minimum Gasteiger partial charge on any atom is -0.487 e. The fraction of sp³-hybridized carbons (Fsp3) is 0.200. The summed E-state index contributed by atoms with van der Waals surface area (Å²) in [7, 11) is 0. The van der Waals surface area contributed by atoms with E-state index >= 15 is 0 Å². The lowest BCUT2D eigenvalue weighted by molar-refractivity contribution is 0.0940. The topological polar surface area (TPSA) is 51.2 Å². The quantitative estimate of drug-likeness (QED) is 0.709. The van der Waals surface area contributed by atoms with Gasteiger partial charge in [-0.3, -0.25) is 4.79 Å². The molecule has 1 heterocycles. The monoisotopic (exact) mass is 352 g/mol. The third kappa shape index (κ3) is 4.45. The molecule has 1 N–H and O–H groups in total. The molecule has 0 aliphatic heterocycles. The van der Waals surface area contributed by atoms with Gasteiger partial charge in [-0.25, -0.2) is 4.98 Å². The summed E-state index contributed by atoms with van der Waals surface area (Å²) in [6.07, 6.45) is 0. The molecule has 1 aromatic heterocycles. The molecular formula is C20H20N2O2S. The van der Waals surface area contributed by atoms with E-state index in [2.05, 4.69) is 10.3 Å². The van der Waals surface area contributed by atoms with E-state index in [9.17, 15) is 4.79 Å². The number of amides is 1. The van der Waals surface area contributed by atoms with Gasteiger partial charge in [0.05, 0.1) is 17.2 Å². The smallest absolute Gasteiger partial charge is 0.251 e. The maximum Gasteiger partial charge on any atom is 0.251 e. The van der Waals surface area contributed by atoms with Gasteiger partial charge in [-0.15, -0.1) is 11.3 Å². The summed E-state index contributed by atoms with van der Waals surface area (Å²) < 4.78 is 5.66. The number of hydrogen-bond donors (Lipinski definition) is 1. The van der Waals surface area contributed by atoms with Gasteiger partial charge in [0.1, 0.15) is 12.4 Å². The van der Waals surface area contributed by atoms with E-state index in [1.54, 1.807) is 41.1 Å². The van der Waals surface area contributed by atoms with Crippen LogP contribution in [-0.4, -0.2) is 10.9 Å². The van der Waals surface area contributed by atoms with Crippen LogP contribution in [0.5, 0.6) is 5.75 Å². The summed E-state index contributed by atoms with van der Waals surface area (Å²) in [5, 5.41) is 4.99. The Kier molecular flexibility index (Phi) is 5.46. The van der Waals surface area contributed by atoms with Gasteiger partial charge >= 0.3 is 0 Å². The largest absolute Gasteiger partial charge is 0.487 e. The molecule has 0 fully saturated rings. The molecule has 3 aromatic rings. The summed E-state index contributed by atoms with van der Waals surface area (Å²) in [5.41, 5.74) is 5.59. The van der Waals surface area contributed by atoms with E-state index in [4.69, 9.17) is 4.74 Å². The Bertz CT molecular complexity index is 829. The highest BCUT2D eigenvalue weighted by Gasteiger charge is 2.13. The first-order valence-corrected chi connectivity index (χ1v) is 9.04. The molecule has 1 atom stereocenters. The number of nitrogens with zero attached hydrogens (tertiary/aromatic N) is 1. The van der Waals surface area contributed by atoms with Crippen LogP contribution in [0.1, 0.15) is 40.1 Å². The van der Waals surface area contributed by atoms with E-state index in [0.29, 0.717) is 12.2 Å². The molecule has 0 saturated heterocycles. The zero-order chi connectivity index (χ0) is 17.6. The van der Waals surface area contributed by atoms with Crippen LogP contribution in [0.2, 0.25) is 0 Å². The Morgan fingerprint density at radius 1 is 1.20 bits per heavy atom. The van der Waals surface area contributed by atoms with Gasteiger partial charge in [-0.1, -0.05) is 24.3 Å². The first-order chi connectivity index (χ1) is 12.1. The Balaban J connectivity index is 1.59. The van der Waals surface area contributed by atoms with Gasteiger partial charge in [0.2, 0.25) is 0 Å². The molecule has 0 aliphatic carbocycles. The number of aryl methyl sites for hydroxylation is 1. The van der Waals surface area contributed by atoms with Crippen molar-refractivity contribution in [3.8, 4) is 5.75 Å². The van der Waals surface area contributed by atoms with Crippen LogP contribution in [-0.2, 0) is 6.61 Å². The Morgan fingerprint density at radius 3 is 2.64 bits per heavy atom. The molecule has 0 spiro atoms. The van der Waals surface area contributed by atoms with Crippen molar-refractivity contribution in [1.29, 1.82) is 0 Å². The van der Waals surface area contributed by atoms with E-state index in [1.165, 1.54) is 5.56 Å². The number of hydrogen-bond acceptors (Lipinski definition) is 4. The SMILES string of the molecule is Cc1ccccc1[C@H](C)NC(=O)c1ccc(OCc2cscn2)cc1. The third-order valence-corrected chi connectivity index (χ3v) is 4.62. The first kappa shape index (κ1) is 17.2. The number of thiazole rings is 1. The van der Waals surface area contributed by atoms with Gasteiger partial charge in [0.25, 0.3) is 5.91 Å². The molecule has 128 valence electrons. The van der Waals surface area contributed by atoms with Crippen LogP contribution < -0.4 is 10.1 Å². The lowest BCUT2D eigenvalue weighted by Gasteiger charge is -2.16. The number of nitrogens with one attached hydrogen (secondary N) is 1. The second-order valence-electron chi connectivity index (χ2n) is 5.84. The van der Waals surface area contributed by atoms with Crippen LogP contribution in [0, 0.1) is 6.92 Å². The Hall–Kier alpha value is -2.66. The molecule has 1 amide bonds. The van der Waals surface area contributed by atoms with Crippen LogP contribution in [0.15, 0.2) is 59.4 Å². The average Bonchev–Trinajstić information content (AvgIpc) is 3.14. The van der Waals surface area contributed by atoms with Crippen LogP contribution in [0.25, 0.3) is 0 Å². The number of ether oxygens (including phenoxy) is 1. The maximum absolute atomic E-state index is 12.4. The van der Waals surface area contributed by atoms with Crippen LogP contribution in [0.3, 0.4) is 0 Å². The molecule has 0 saturated carbocycles. The second kappa shape index (κ2) is 7.94.